The Morgan fingerprint density at radius 1 is 0.935 bits per heavy atom. The van der Waals surface area contributed by atoms with Crippen LogP contribution in [-0.4, -0.2) is 15.7 Å². The fourth-order valence-corrected chi connectivity index (χ4v) is 2.94. The normalized spacial score (nSPS) is 12.4. The summed E-state index contributed by atoms with van der Waals surface area (Å²) in [6, 6.07) is 6.24. The smallest absolute Gasteiger partial charge is 0.321 e. The van der Waals surface area contributed by atoms with Gasteiger partial charge < -0.3 is 5.32 Å². The van der Waals surface area contributed by atoms with Crippen molar-refractivity contribution >= 4 is 22.4 Å². The molecule has 1 aromatic heterocycles. The summed E-state index contributed by atoms with van der Waals surface area (Å²) in [4.78, 5) is 25.3. The lowest BCUT2D eigenvalue weighted by Gasteiger charge is -2.16. The lowest BCUT2D eigenvalue weighted by Crippen LogP contribution is -2.29. The van der Waals surface area contributed by atoms with E-state index in [2.05, 4.69) is 5.10 Å². The predicted molar refractivity (Wildman–Crippen MR) is 101 cm³/mol. The number of fused-ring (bicyclic) bond motifs is 1. The first-order valence-electron chi connectivity index (χ1n) is 8.91. The van der Waals surface area contributed by atoms with Gasteiger partial charge in [0.25, 0.3) is 11.5 Å². The van der Waals surface area contributed by atoms with E-state index in [4.69, 9.17) is 0 Å². The average Bonchev–Trinajstić information content (AvgIpc) is 2.66. The number of carbonyl (C=O) groups excluding carboxylic acids is 1. The number of anilines is 1. The second kappa shape index (κ2) is 7.71. The second-order valence-electron chi connectivity index (χ2n) is 6.99. The number of rotatable bonds is 3. The first-order chi connectivity index (χ1) is 14.3. The van der Waals surface area contributed by atoms with Crippen molar-refractivity contribution in [2.75, 3.05) is 5.32 Å². The van der Waals surface area contributed by atoms with E-state index >= 15 is 0 Å². The molecular weight excluding hydrogens is 428 g/mol. The fraction of sp³-hybridized carbons (Fsp3) is 0.250. The molecule has 3 aromatic rings. The molecule has 0 saturated heterocycles. The van der Waals surface area contributed by atoms with Crippen LogP contribution in [-0.2, 0) is 12.4 Å². The zero-order chi connectivity index (χ0) is 23.1. The Morgan fingerprint density at radius 2 is 1.45 bits per heavy atom. The van der Waals surface area contributed by atoms with Crippen molar-refractivity contribution in [1.82, 2.24) is 9.78 Å². The van der Waals surface area contributed by atoms with Gasteiger partial charge in [-0.3, -0.25) is 9.59 Å². The van der Waals surface area contributed by atoms with Crippen LogP contribution >= 0.6 is 0 Å². The zero-order valence-corrected chi connectivity index (χ0v) is 16.1. The lowest BCUT2D eigenvalue weighted by molar-refractivity contribution is -0.143. The Hall–Kier alpha value is -3.37. The molecule has 0 aliphatic rings. The summed E-state index contributed by atoms with van der Waals surface area (Å²) < 4.78 is 79.4. The number of carbonyl (C=O) groups is 1. The van der Waals surface area contributed by atoms with Gasteiger partial charge >= 0.3 is 12.4 Å². The number of hydrogen-bond acceptors (Lipinski definition) is 3. The summed E-state index contributed by atoms with van der Waals surface area (Å²) in [7, 11) is 0. The quantitative estimate of drug-likeness (QED) is 0.562. The fourth-order valence-electron chi connectivity index (χ4n) is 2.94. The Balaban J connectivity index is 2.13. The molecule has 5 nitrogen and oxygen atoms in total. The first-order valence-corrected chi connectivity index (χ1v) is 8.91. The summed E-state index contributed by atoms with van der Waals surface area (Å²) in [6.07, 6.45) is -10.1. The summed E-state index contributed by atoms with van der Waals surface area (Å²) in [5, 5.41) is 6.28. The molecule has 0 unspecified atom stereocenters. The number of nitrogens with zero attached hydrogens (tertiary/aromatic N) is 2. The van der Waals surface area contributed by atoms with Crippen LogP contribution in [0.1, 0.15) is 41.5 Å². The maximum Gasteiger partial charge on any atom is 0.416 e. The largest absolute Gasteiger partial charge is 0.416 e. The van der Waals surface area contributed by atoms with Crippen LogP contribution in [0.4, 0.5) is 32.0 Å². The van der Waals surface area contributed by atoms with Gasteiger partial charge in [0.05, 0.1) is 22.6 Å². The van der Waals surface area contributed by atoms with Crippen LogP contribution in [0.25, 0.3) is 10.8 Å². The molecule has 2 aromatic carbocycles. The Bertz CT molecular complexity index is 1180. The van der Waals surface area contributed by atoms with Gasteiger partial charge in [-0.05, 0) is 38.1 Å². The second-order valence-corrected chi connectivity index (χ2v) is 6.99. The third-order valence-corrected chi connectivity index (χ3v) is 4.38. The van der Waals surface area contributed by atoms with E-state index in [1.807, 2.05) is 5.32 Å². The topological polar surface area (TPSA) is 64.0 Å². The molecular formula is C20H15F6N3O2. The number of hydrogen-bond donors (Lipinski definition) is 1. The molecule has 0 aliphatic carbocycles. The summed E-state index contributed by atoms with van der Waals surface area (Å²) >= 11 is 0. The number of halogens is 6. The number of alkyl halides is 6. The van der Waals surface area contributed by atoms with Crippen LogP contribution in [0, 0.1) is 0 Å². The molecule has 0 aliphatic heterocycles. The van der Waals surface area contributed by atoms with Crippen molar-refractivity contribution < 1.29 is 31.1 Å². The maximum absolute atomic E-state index is 13.1. The molecule has 1 amide bonds. The molecule has 11 heteroatoms. The van der Waals surface area contributed by atoms with E-state index < -0.39 is 46.7 Å². The standard InChI is InChI=1S/C20H15F6N3O2/c1-10(2)29-18(31)15-6-4-3-5-14(15)16(28-29)17(30)27-13-8-11(19(21,22)23)7-12(9-13)20(24,25)26/h3-10H,1-2H3,(H,27,30). The number of nitrogens with one attached hydrogen (secondary N) is 1. The van der Waals surface area contributed by atoms with Crippen molar-refractivity contribution in [1.29, 1.82) is 0 Å². The zero-order valence-electron chi connectivity index (χ0n) is 16.1. The van der Waals surface area contributed by atoms with E-state index in [0.717, 1.165) is 4.68 Å². The minimum Gasteiger partial charge on any atom is -0.321 e. The van der Waals surface area contributed by atoms with Gasteiger partial charge in [-0.1, -0.05) is 18.2 Å². The third-order valence-electron chi connectivity index (χ3n) is 4.38. The molecule has 0 saturated carbocycles. The van der Waals surface area contributed by atoms with E-state index in [1.165, 1.54) is 18.2 Å². The SMILES string of the molecule is CC(C)n1nc(C(=O)Nc2cc(C(F)(F)F)cc(C(F)(F)F)c2)c2ccccc2c1=O. The molecule has 0 bridgehead atoms. The van der Waals surface area contributed by atoms with Crippen LogP contribution in [0.2, 0.25) is 0 Å². The van der Waals surface area contributed by atoms with Crippen molar-refractivity contribution in [3.63, 3.8) is 0 Å². The van der Waals surface area contributed by atoms with E-state index in [0.29, 0.717) is 12.1 Å². The lowest BCUT2D eigenvalue weighted by atomic mass is 10.1. The molecule has 1 heterocycles. The highest BCUT2D eigenvalue weighted by molar-refractivity contribution is 6.11. The van der Waals surface area contributed by atoms with Gasteiger partial charge in [0.1, 0.15) is 0 Å². The molecule has 0 spiro atoms. The highest BCUT2D eigenvalue weighted by Crippen LogP contribution is 2.37. The Labute approximate surface area is 171 Å². The van der Waals surface area contributed by atoms with Crippen molar-refractivity contribution in [2.45, 2.75) is 32.2 Å². The maximum atomic E-state index is 13.1. The van der Waals surface area contributed by atoms with Crippen LogP contribution in [0.15, 0.2) is 47.3 Å². The minimum atomic E-state index is -5.06. The van der Waals surface area contributed by atoms with Crippen molar-refractivity contribution in [2.24, 2.45) is 0 Å². The monoisotopic (exact) mass is 443 g/mol. The van der Waals surface area contributed by atoms with Gasteiger partial charge in [-0.2, -0.15) is 31.4 Å². The number of aromatic nitrogens is 2. The highest BCUT2D eigenvalue weighted by atomic mass is 19.4. The van der Waals surface area contributed by atoms with Crippen molar-refractivity contribution in [3.8, 4) is 0 Å². The average molecular weight is 443 g/mol. The molecule has 164 valence electrons. The van der Waals surface area contributed by atoms with Gasteiger partial charge in [0.2, 0.25) is 0 Å². The molecule has 0 fully saturated rings. The summed E-state index contributed by atoms with van der Waals surface area (Å²) in [6.45, 7) is 3.26. The Kier molecular flexibility index (Phi) is 5.55. The number of benzene rings is 2. The molecule has 1 N–H and O–H groups in total. The number of amides is 1. The molecule has 31 heavy (non-hydrogen) atoms. The van der Waals surface area contributed by atoms with Gasteiger partial charge in [0, 0.05) is 11.1 Å². The van der Waals surface area contributed by atoms with E-state index in [9.17, 15) is 35.9 Å². The third kappa shape index (κ3) is 4.54. The van der Waals surface area contributed by atoms with Crippen LogP contribution < -0.4 is 10.9 Å². The highest BCUT2D eigenvalue weighted by Gasteiger charge is 2.37. The van der Waals surface area contributed by atoms with E-state index in [-0.39, 0.29) is 22.5 Å². The van der Waals surface area contributed by atoms with Gasteiger partial charge in [-0.25, -0.2) is 4.68 Å². The molecule has 3 rings (SSSR count). The molecule has 0 atom stereocenters. The predicted octanol–water partition coefficient (Wildman–Crippen LogP) is 5.27. The van der Waals surface area contributed by atoms with Gasteiger partial charge in [-0.15, -0.1) is 0 Å². The summed E-state index contributed by atoms with van der Waals surface area (Å²) in [5.41, 5.74) is -4.64. The summed E-state index contributed by atoms with van der Waals surface area (Å²) in [5.74, 6) is -1.06. The van der Waals surface area contributed by atoms with Crippen LogP contribution in [0.3, 0.4) is 0 Å². The first kappa shape index (κ1) is 22.3. The minimum absolute atomic E-state index is 0.0394. The van der Waals surface area contributed by atoms with E-state index in [1.54, 1.807) is 19.9 Å². The van der Waals surface area contributed by atoms with Crippen molar-refractivity contribution in [3.05, 3.63) is 69.6 Å². The Morgan fingerprint density at radius 3 is 1.94 bits per heavy atom. The molecule has 0 radical (unpaired) electrons. The van der Waals surface area contributed by atoms with Gasteiger partial charge in [0.15, 0.2) is 5.69 Å². The van der Waals surface area contributed by atoms with Crippen LogP contribution in [0.5, 0.6) is 0 Å².